The largest absolute Gasteiger partial charge is 0.366 e. The Morgan fingerprint density at radius 2 is 1.84 bits per heavy atom. The van der Waals surface area contributed by atoms with E-state index in [9.17, 15) is 4.79 Å². The van der Waals surface area contributed by atoms with Gasteiger partial charge in [0.25, 0.3) is 5.91 Å². The van der Waals surface area contributed by atoms with Crippen molar-refractivity contribution >= 4 is 11.7 Å². The molecule has 2 aliphatic rings. The van der Waals surface area contributed by atoms with Crippen molar-refractivity contribution in [2.24, 2.45) is 5.92 Å². The van der Waals surface area contributed by atoms with Crippen LogP contribution in [0, 0.1) is 5.92 Å². The number of amides is 1. The van der Waals surface area contributed by atoms with Crippen LogP contribution in [-0.2, 0) is 12.1 Å². The van der Waals surface area contributed by atoms with Crippen LogP contribution >= 0.6 is 0 Å². The van der Waals surface area contributed by atoms with Crippen molar-refractivity contribution in [2.45, 2.75) is 70.5 Å². The van der Waals surface area contributed by atoms with Gasteiger partial charge in [-0.15, -0.1) is 0 Å². The normalized spacial score (nSPS) is 20.6. The Labute approximate surface area is 193 Å². The second-order valence-electron chi connectivity index (χ2n) is 10.5. The van der Waals surface area contributed by atoms with E-state index >= 15 is 0 Å². The average molecular weight is 438 g/mol. The fourth-order valence-corrected chi connectivity index (χ4v) is 5.32. The number of benzene rings is 1. The quantitative estimate of drug-likeness (QED) is 0.689. The molecule has 1 aromatic carbocycles. The molecule has 0 bridgehead atoms. The van der Waals surface area contributed by atoms with E-state index in [-0.39, 0.29) is 11.4 Å². The number of hydrogen-bond acceptors (Lipinski definition) is 4. The highest BCUT2D eigenvalue weighted by atomic mass is 16.2. The van der Waals surface area contributed by atoms with Crippen molar-refractivity contribution in [3.05, 3.63) is 47.7 Å². The highest BCUT2D eigenvalue weighted by Gasteiger charge is 2.39. The lowest BCUT2D eigenvalue weighted by Crippen LogP contribution is -2.46. The van der Waals surface area contributed by atoms with Crippen LogP contribution in [-0.4, -0.2) is 58.7 Å². The average Bonchev–Trinajstić information content (AvgIpc) is 3.22. The number of nitrogens with one attached hydrogen (secondary N) is 1. The number of hydrogen-bond donors (Lipinski definition) is 1. The Bertz CT molecular complexity index is 898. The highest BCUT2D eigenvalue weighted by Crippen LogP contribution is 2.40. The molecule has 6 heteroatoms. The van der Waals surface area contributed by atoms with Crippen molar-refractivity contribution in [1.29, 1.82) is 0 Å². The fraction of sp³-hybridized carbons (Fsp3) is 0.615. The molecule has 0 saturated heterocycles. The highest BCUT2D eigenvalue weighted by molar-refractivity contribution is 5.99. The maximum atomic E-state index is 13.8. The topological polar surface area (TPSA) is 53.4 Å². The maximum Gasteiger partial charge on any atom is 0.259 e. The third kappa shape index (κ3) is 5.01. The van der Waals surface area contributed by atoms with Gasteiger partial charge in [-0.05, 0) is 58.7 Å². The minimum atomic E-state index is -0.102. The van der Waals surface area contributed by atoms with Gasteiger partial charge in [0.15, 0.2) is 0 Å². The molecule has 1 aromatic heterocycles. The lowest BCUT2D eigenvalue weighted by molar-refractivity contribution is 0.0732. The summed E-state index contributed by atoms with van der Waals surface area (Å²) in [5.74, 6) is 1.65. The van der Waals surface area contributed by atoms with Crippen molar-refractivity contribution in [3.8, 4) is 0 Å². The zero-order valence-electron chi connectivity index (χ0n) is 20.2. The molecule has 6 nitrogen and oxygen atoms in total. The molecule has 1 unspecified atom stereocenters. The first kappa shape index (κ1) is 22.8. The Morgan fingerprint density at radius 3 is 2.53 bits per heavy atom. The van der Waals surface area contributed by atoms with Crippen LogP contribution in [0.2, 0.25) is 0 Å². The third-order valence-electron chi connectivity index (χ3n) is 7.15. The van der Waals surface area contributed by atoms with E-state index in [1.165, 1.54) is 32.1 Å². The smallest absolute Gasteiger partial charge is 0.259 e. The summed E-state index contributed by atoms with van der Waals surface area (Å²) in [6.45, 7) is 6.62. The van der Waals surface area contributed by atoms with E-state index in [0.717, 1.165) is 24.3 Å². The maximum absolute atomic E-state index is 13.8. The Balaban J connectivity index is 1.60. The molecule has 1 saturated carbocycles. The van der Waals surface area contributed by atoms with E-state index in [4.69, 9.17) is 5.10 Å². The first-order valence-electron chi connectivity index (χ1n) is 12.2. The van der Waals surface area contributed by atoms with Gasteiger partial charge < -0.3 is 15.1 Å². The van der Waals surface area contributed by atoms with Crippen LogP contribution in [0.4, 0.5) is 5.82 Å². The summed E-state index contributed by atoms with van der Waals surface area (Å²) >= 11 is 0. The van der Waals surface area contributed by atoms with E-state index in [1.807, 2.05) is 41.9 Å². The van der Waals surface area contributed by atoms with Crippen LogP contribution in [0.3, 0.4) is 0 Å². The van der Waals surface area contributed by atoms with Gasteiger partial charge in [0, 0.05) is 25.7 Å². The number of carbonyl (C=O) groups excluding carboxylic acids is 1. The van der Waals surface area contributed by atoms with Gasteiger partial charge in [-0.3, -0.25) is 4.79 Å². The minimum absolute atomic E-state index is 0.0598. The van der Waals surface area contributed by atoms with Gasteiger partial charge in [0.2, 0.25) is 0 Å². The molecule has 2 heterocycles. The lowest BCUT2D eigenvalue weighted by atomic mass is 9.78. The molecular weight excluding hydrogens is 398 g/mol. The molecule has 1 aliphatic carbocycles. The molecule has 1 fully saturated rings. The SMILES string of the molecule is CN(C)CCN(Cc1ccccc1)C(=O)c1cnn2c1NC(C1CCCCC1)CC2(C)C. The molecule has 174 valence electrons. The van der Waals surface area contributed by atoms with Gasteiger partial charge in [-0.25, -0.2) is 4.68 Å². The number of anilines is 1. The molecule has 1 aliphatic heterocycles. The molecule has 0 radical (unpaired) electrons. The minimum Gasteiger partial charge on any atom is -0.366 e. The van der Waals surface area contributed by atoms with Gasteiger partial charge in [-0.2, -0.15) is 5.10 Å². The Hall–Kier alpha value is -2.34. The zero-order valence-corrected chi connectivity index (χ0v) is 20.2. The first-order chi connectivity index (χ1) is 15.3. The van der Waals surface area contributed by atoms with Crippen molar-refractivity contribution in [1.82, 2.24) is 19.6 Å². The summed E-state index contributed by atoms with van der Waals surface area (Å²) in [7, 11) is 4.09. The monoisotopic (exact) mass is 437 g/mol. The van der Waals surface area contributed by atoms with Crippen molar-refractivity contribution < 1.29 is 4.79 Å². The number of fused-ring (bicyclic) bond motifs is 1. The summed E-state index contributed by atoms with van der Waals surface area (Å²) in [5, 5.41) is 8.47. The van der Waals surface area contributed by atoms with E-state index < -0.39 is 0 Å². The molecule has 32 heavy (non-hydrogen) atoms. The number of carbonyl (C=O) groups is 1. The lowest BCUT2D eigenvalue weighted by Gasteiger charge is -2.42. The summed E-state index contributed by atoms with van der Waals surface area (Å²) in [5.41, 5.74) is 1.75. The van der Waals surface area contributed by atoms with Crippen molar-refractivity contribution in [3.63, 3.8) is 0 Å². The summed E-state index contributed by atoms with van der Waals surface area (Å²) in [4.78, 5) is 17.9. The van der Waals surface area contributed by atoms with Crippen LogP contribution in [0.25, 0.3) is 0 Å². The van der Waals surface area contributed by atoms with E-state index in [0.29, 0.717) is 30.6 Å². The molecular formula is C26H39N5O. The Kier molecular flexibility index (Phi) is 6.89. The van der Waals surface area contributed by atoms with E-state index in [1.54, 1.807) is 6.20 Å². The van der Waals surface area contributed by atoms with Gasteiger partial charge in [0.1, 0.15) is 11.4 Å². The molecule has 4 rings (SSSR count). The van der Waals surface area contributed by atoms with E-state index in [2.05, 4.69) is 36.2 Å². The molecule has 0 spiro atoms. The predicted molar refractivity (Wildman–Crippen MR) is 130 cm³/mol. The molecule has 1 atom stereocenters. The van der Waals surface area contributed by atoms with Crippen LogP contribution in [0.5, 0.6) is 0 Å². The van der Waals surface area contributed by atoms with Crippen molar-refractivity contribution in [2.75, 3.05) is 32.5 Å². The fourth-order valence-electron chi connectivity index (χ4n) is 5.32. The molecule has 2 aromatic rings. The Morgan fingerprint density at radius 1 is 1.12 bits per heavy atom. The number of aromatic nitrogens is 2. The van der Waals surface area contributed by atoms with Crippen LogP contribution in [0.1, 0.15) is 68.3 Å². The van der Waals surface area contributed by atoms with Crippen LogP contribution < -0.4 is 5.32 Å². The third-order valence-corrected chi connectivity index (χ3v) is 7.15. The van der Waals surface area contributed by atoms with Gasteiger partial charge in [0.05, 0.1) is 11.7 Å². The summed E-state index contributed by atoms with van der Waals surface area (Å²) < 4.78 is 2.05. The second kappa shape index (κ2) is 9.65. The zero-order chi connectivity index (χ0) is 22.7. The number of likely N-dealkylation sites (N-methyl/N-ethyl adjacent to an activating group) is 1. The molecule has 1 amide bonds. The van der Waals surface area contributed by atoms with Gasteiger partial charge in [-0.1, -0.05) is 49.6 Å². The summed E-state index contributed by atoms with van der Waals surface area (Å²) in [6.07, 6.45) is 9.40. The number of rotatable bonds is 7. The van der Waals surface area contributed by atoms with Crippen LogP contribution in [0.15, 0.2) is 36.5 Å². The predicted octanol–water partition coefficient (Wildman–Crippen LogP) is 4.59. The standard InChI is InChI=1S/C26H39N5O/c1-26(2)17-23(21-13-9-6-10-14-21)28-24-22(18-27-31(24)26)25(32)30(16-15-29(3)4)19-20-11-7-5-8-12-20/h5,7-8,11-12,18,21,23,28H,6,9-10,13-17,19H2,1-4H3. The second-order valence-corrected chi connectivity index (χ2v) is 10.5. The first-order valence-corrected chi connectivity index (χ1v) is 12.2. The number of nitrogens with zero attached hydrogens (tertiary/aromatic N) is 4. The van der Waals surface area contributed by atoms with Gasteiger partial charge >= 0.3 is 0 Å². The summed E-state index contributed by atoms with van der Waals surface area (Å²) in [6, 6.07) is 10.7. The molecule has 1 N–H and O–H groups in total.